The van der Waals surface area contributed by atoms with Gasteiger partial charge in [-0.15, -0.1) is 0 Å². The van der Waals surface area contributed by atoms with Crippen LogP contribution in [0.5, 0.6) is 0 Å². The van der Waals surface area contributed by atoms with Gasteiger partial charge in [0, 0.05) is 15.7 Å². The van der Waals surface area contributed by atoms with Gasteiger partial charge in [0.05, 0.1) is 10.2 Å². The standard InChI is InChI=1S/C15H12BrN3OS/c1-8-2-3-12-13(4-8)21-15(18-12)19-14(20)9-5-10(16)7-11(17)6-9/h2-7H,17H2,1H3,(H,18,19,20). The molecule has 2 aromatic carbocycles. The van der Waals surface area contributed by atoms with Crippen LogP contribution in [-0.4, -0.2) is 10.9 Å². The molecule has 0 aliphatic rings. The number of nitrogens with one attached hydrogen (secondary N) is 1. The van der Waals surface area contributed by atoms with Crippen molar-refractivity contribution in [1.29, 1.82) is 0 Å². The molecule has 21 heavy (non-hydrogen) atoms. The summed E-state index contributed by atoms with van der Waals surface area (Å²) in [4.78, 5) is 16.6. The van der Waals surface area contributed by atoms with Gasteiger partial charge < -0.3 is 5.73 Å². The third-order valence-corrected chi connectivity index (χ3v) is 4.34. The highest BCUT2D eigenvalue weighted by atomic mass is 79.9. The number of hydrogen-bond acceptors (Lipinski definition) is 4. The summed E-state index contributed by atoms with van der Waals surface area (Å²) in [6.45, 7) is 2.03. The second-order valence-corrected chi connectivity index (χ2v) is 6.66. The largest absolute Gasteiger partial charge is 0.399 e. The normalized spacial score (nSPS) is 10.8. The molecule has 0 atom stereocenters. The summed E-state index contributed by atoms with van der Waals surface area (Å²) < 4.78 is 1.83. The van der Waals surface area contributed by atoms with Crippen LogP contribution >= 0.6 is 27.3 Å². The maximum absolute atomic E-state index is 12.2. The molecule has 1 heterocycles. The molecule has 0 bridgehead atoms. The van der Waals surface area contributed by atoms with Gasteiger partial charge in [0.1, 0.15) is 0 Å². The lowest BCUT2D eigenvalue weighted by Crippen LogP contribution is -2.12. The summed E-state index contributed by atoms with van der Waals surface area (Å²) in [5.74, 6) is -0.223. The minimum atomic E-state index is -0.223. The van der Waals surface area contributed by atoms with Crippen LogP contribution in [0.15, 0.2) is 40.9 Å². The molecule has 0 aliphatic carbocycles. The fraction of sp³-hybridized carbons (Fsp3) is 0.0667. The molecule has 3 rings (SSSR count). The molecule has 0 saturated carbocycles. The fourth-order valence-electron chi connectivity index (χ4n) is 2.00. The summed E-state index contributed by atoms with van der Waals surface area (Å²) in [5.41, 5.74) is 8.83. The molecule has 0 spiro atoms. The van der Waals surface area contributed by atoms with Gasteiger partial charge >= 0.3 is 0 Å². The van der Waals surface area contributed by atoms with Crippen molar-refractivity contribution in [2.75, 3.05) is 11.1 Å². The number of aryl methyl sites for hydroxylation is 1. The van der Waals surface area contributed by atoms with Gasteiger partial charge in [0.25, 0.3) is 5.91 Å². The molecule has 0 fully saturated rings. The van der Waals surface area contributed by atoms with Gasteiger partial charge in [-0.05, 0) is 42.8 Å². The van der Waals surface area contributed by atoms with E-state index in [2.05, 4.69) is 32.3 Å². The van der Waals surface area contributed by atoms with Gasteiger partial charge in [0.15, 0.2) is 5.13 Å². The summed E-state index contributed by atoms with van der Waals surface area (Å²) >= 11 is 4.79. The molecule has 0 unspecified atom stereocenters. The second-order valence-electron chi connectivity index (χ2n) is 4.72. The number of aromatic nitrogens is 1. The number of anilines is 2. The van der Waals surface area contributed by atoms with Crippen molar-refractivity contribution in [3.8, 4) is 0 Å². The van der Waals surface area contributed by atoms with E-state index in [-0.39, 0.29) is 5.91 Å². The number of nitrogen functional groups attached to an aromatic ring is 1. The number of carbonyl (C=O) groups is 1. The molecule has 106 valence electrons. The number of rotatable bonds is 2. The average molecular weight is 362 g/mol. The second kappa shape index (κ2) is 5.46. The molecule has 3 aromatic rings. The zero-order chi connectivity index (χ0) is 15.0. The Hall–Kier alpha value is -1.92. The smallest absolute Gasteiger partial charge is 0.257 e. The molecule has 0 radical (unpaired) electrons. The van der Waals surface area contributed by atoms with Crippen LogP contribution in [0.4, 0.5) is 10.8 Å². The van der Waals surface area contributed by atoms with Gasteiger partial charge in [-0.1, -0.05) is 33.3 Å². The van der Waals surface area contributed by atoms with E-state index >= 15 is 0 Å². The van der Waals surface area contributed by atoms with Crippen LogP contribution in [0, 0.1) is 6.92 Å². The lowest BCUT2D eigenvalue weighted by atomic mass is 10.2. The number of nitrogens with two attached hydrogens (primary N) is 1. The first-order valence-corrected chi connectivity index (χ1v) is 7.87. The van der Waals surface area contributed by atoms with Crippen LogP contribution in [0.3, 0.4) is 0 Å². The minimum absolute atomic E-state index is 0.223. The number of benzene rings is 2. The molecular weight excluding hydrogens is 350 g/mol. The quantitative estimate of drug-likeness (QED) is 0.672. The van der Waals surface area contributed by atoms with Crippen LogP contribution in [-0.2, 0) is 0 Å². The zero-order valence-corrected chi connectivity index (χ0v) is 13.6. The fourth-order valence-corrected chi connectivity index (χ4v) is 3.47. The van der Waals surface area contributed by atoms with Crippen molar-refractivity contribution in [3.63, 3.8) is 0 Å². The molecular formula is C15H12BrN3OS. The molecule has 3 N–H and O–H groups in total. The average Bonchev–Trinajstić information content (AvgIpc) is 2.78. The Bertz CT molecular complexity index is 824. The SMILES string of the molecule is Cc1ccc2nc(NC(=O)c3cc(N)cc(Br)c3)sc2c1. The Morgan fingerprint density at radius 2 is 2.10 bits per heavy atom. The van der Waals surface area contributed by atoms with Gasteiger partial charge in [-0.2, -0.15) is 0 Å². The highest BCUT2D eigenvalue weighted by Crippen LogP contribution is 2.27. The first-order valence-electron chi connectivity index (χ1n) is 6.26. The van der Waals surface area contributed by atoms with E-state index in [4.69, 9.17) is 5.73 Å². The molecule has 1 aromatic heterocycles. The Labute approximate surface area is 134 Å². The monoisotopic (exact) mass is 361 g/mol. The highest BCUT2D eigenvalue weighted by molar-refractivity contribution is 9.10. The third-order valence-electron chi connectivity index (χ3n) is 2.95. The lowest BCUT2D eigenvalue weighted by molar-refractivity contribution is 0.102. The summed E-state index contributed by atoms with van der Waals surface area (Å²) in [6, 6.07) is 11.1. The number of halogens is 1. The van der Waals surface area contributed by atoms with Crippen molar-refractivity contribution < 1.29 is 4.79 Å². The Balaban J connectivity index is 1.88. The maximum atomic E-state index is 12.2. The van der Waals surface area contributed by atoms with Crippen molar-refractivity contribution in [2.45, 2.75) is 6.92 Å². The van der Waals surface area contributed by atoms with Gasteiger partial charge in [-0.3, -0.25) is 10.1 Å². The number of thiazole rings is 1. The topological polar surface area (TPSA) is 68.0 Å². The van der Waals surface area contributed by atoms with Crippen molar-refractivity contribution >= 4 is 54.2 Å². The van der Waals surface area contributed by atoms with E-state index in [0.29, 0.717) is 16.4 Å². The lowest BCUT2D eigenvalue weighted by Gasteiger charge is -2.03. The number of carbonyl (C=O) groups excluding carboxylic acids is 1. The van der Waals surface area contributed by atoms with Crippen LogP contribution in [0.1, 0.15) is 15.9 Å². The predicted octanol–water partition coefficient (Wildman–Crippen LogP) is 4.20. The molecule has 1 amide bonds. The molecule has 4 nitrogen and oxygen atoms in total. The molecule has 0 aliphatic heterocycles. The van der Waals surface area contributed by atoms with E-state index in [1.54, 1.807) is 18.2 Å². The summed E-state index contributed by atoms with van der Waals surface area (Å²) in [5, 5.41) is 3.40. The highest BCUT2D eigenvalue weighted by Gasteiger charge is 2.11. The first-order chi connectivity index (χ1) is 10.0. The first kappa shape index (κ1) is 14.0. The van der Waals surface area contributed by atoms with Crippen molar-refractivity contribution in [3.05, 3.63) is 52.0 Å². The van der Waals surface area contributed by atoms with Gasteiger partial charge in [-0.25, -0.2) is 4.98 Å². The summed E-state index contributed by atoms with van der Waals surface area (Å²) in [7, 11) is 0. The van der Waals surface area contributed by atoms with E-state index in [9.17, 15) is 4.79 Å². The van der Waals surface area contributed by atoms with Crippen molar-refractivity contribution in [2.24, 2.45) is 0 Å². The van der Waals surface area contributed by atoms with Crippen LogP contribution in [0.25, 0.3) is 10.2 Å². The Morgan fingerprint density at radius 1 is 1.29 bits per heavy atom. The third kappa shape index (κ3) is 3.06. The number of nitrogens with zero attached hydrogens (tertiary/aromatic N) is 1. The number of amides is 1. The van der Waals surface area contributed by atoms with E-state index < -0.39 is 0 Å². The molecule has 0 saturated heterocycles. The predicted molar refractivity (Wildman–Crippen MR) is 90.9 cm³/mol. The summed E-state index contributed by atoms with van der Waals surface area (Å²) in [6.07, 6.45) is 0. The van der Waals surface area contributed by atoms with E-state index in [1.165, 1.54) is 16.9 Å². The number of fused-ring (bicyclic) bond motifs is 1. The van der Waals surface area contributed by atoms with Crippen LogP contribution < -0.4 is 11.1 Å². The van der Waals surface area contributed by atoms with Crippen LogP contribution in [0.2, 0.25) is 0 Å². The Morgan fingerprint density at radius 3 is 2.86 bits per heavy atom. The Kier molecular flexibility index (Phi) is 3.65. The minimum Gasteiger partial charge on any atom is -0.399 e. The van der Waals surface area contributed by atoms with Gasteiger partial charge in [0.2, 0.25) is 0 Å². The van der Waals surface area contributed by atoms with E-state index in [1.807, 2.05) is 19.1 Å². The zero-order valence-electron chi connectivity index (χ0n) is 11.2. The number of hydrogen-bond donors (Lipinski definition) is 2. The maximum Gasteiger partial charge on any atom is 0.257 e. The van der Waals surface area contributed by atoms with E-state index in [0.717, 1.165) is 14.7 Å². The molecule has 6 heteroatoms. The van der Waals surface area contributed by atoms with Crippen molar-refractivity contribution in [1.82, 2.24) is 4.98 Å².